The molecule has 0 unspecified atom stereocenters. The Labute approximate surface area is 220 Å². The van der Waals surface area contributed by atoms with Gasteiger partial charge in [0.05, 0.1) is 22.0 Å². The van der Waals surface area contributed by atoms with Gasteiger partial charge in [0, 0.05) is 51.8 Å². The highest BCUT2D eigenvalue weighted by atomic mass is 35.5. The van der Waals surface area contributed by atoms with Gasteiger partial charge in [0.25, 0.3) is 0 Å². The van der Waals surface area contributed by atoms with Crippen LogP contribution < -0.4 is 24.3 Å². The topological polar surface area (TPSA) is 98.3 Å². The Balaban J connectivity index is 1.37. The largest absolute Gasteiger partial charge is 0.492 e. The smallest absolute Gasteiger partial charge is 0.231 e. The average Bonchev–Trinajstić information content (AvgIpc) is 3.35. The molecule has 1 N–H and O–H groups in total. The van der Waals surface area contributed by atoms with Crippen LogP contribution in [0.25, 0.3) is 10.9 Å². The van der Waals surface area contributed by atoms with Gasteiger partial charge in [0.1, 0.15) is 35.9 Å². The molecule has 1 aromatic heterocycles. The van der Waals surface area contributed by atoms with Crippen molar-refractivity contribution in [1.82, 2.24) is 19.8 Å². The minimum Gasteiger partial charge on any atom is -0.492 e. The fourth-order valence-electron chi connectivity index (χ4n) is 4.42. The highest BCUT2D eigenvalue weighted by molar-refractivity contribution is 6.34. The summed E-state index contributed by atoms with van der Waals surface area (Å²) < 4.78 is 23.4. The summed E-state index contributed by atoms with van der Waals surface area (Å²) in [6, 6.07) is 7.26. The van der Waals surface area contributed by atoms with Crippen molar-refractivity contribution >= 4 is 39.9 Å². The predicted molar refractivity (Wildman–Crippen MR) is 140 cm³/mol. The normalized spacial score (nSPS) is 15.3. The quantitative estimate of drug-likeness (QED) is 0.464. The standard InChI is InChI=1S/C26H30ClN5O5/c1-16(2)37-22-13-18(34-11-10-31-6-8-32(9-7-31)17(3)33)12-20-23(22)26(29-14-28-20)30-24-19(27)4-5-21-25(24)36-15-35-21/h4-5,12-14,16H,6-11,15H2,1-3H3,(H,28,29,30). The molecule has 0 atom stereocenters. The summed E-state index contributed by atoms with van der Waals surface area (Å²) in [5.74, 6) is 3.06. The third-order valence-electron chi connectivity index (χ3n) is 6.26. The van der Waals surface area contributed by atoms with Crippen molar-refractivity contribution < 1.29 is 23.7 Å². The van der Waals surface area contributed by atoms with Gasteiger partial charge in [-0.1, -0.05) is 11.6 Å². The third kappa shape index (κ3) is 5.60. The number of aromatic nitrogens is 2. The zero-order valence-corrected chi connectivity index (χ0v) is 21.9. The molecule has 2 aromatic carbocycles. The first-order chi connectivity index (χ1) is 17.9. The molecular formula is C26H30ClN5O5. The molecule has 2 aliphatic rings. The van der Waals surface area contributed by atoms with Crippen LogP contribution in [0.3, 0.4) is 0 Å². The van der Waals surface area contributed by atoms with Crippen molar-refractivity contribution in [2.75, 3.05) is 51.4 Å². The van der Waals surface area contributed by atoms with E-state index >= 15 is 0 Å². The van der Waals surface area contributed by atoms with Crippen LogP contribution in [0.5, 0.6) is 23.0 Å². The molecule has 196 valence electrons. The number of nitrogens with one attached hydrogen (secondary N) is 1. The average molecular weight is 528 g/mol. The fourth-order valence-corrected chi connectivity index (χ4v) is 4.61. The molecule has 0 bridgehead atoms. The van der Waals surface area contributed by atoms with Gasteiger partial charge in [-0.05, 0) is 26.0 Å². The van der Waals surface area contributed by atoms with Gasteiger partial charge < -0.3 is 29.2 Å². The number of carbonyl (C=O) groups excluding carboxylic acids is 1. The Bertz CT molecular complexity index is 1300. The van der Waals surface area contributed by atoms with Crippen molar-refractivity contribution in [3.05, 3.63) is 35.6 Å². The van der Waals surface area contributed by atoms with E-state index in [0.29, 0.717) is 57.0 Å². The number of hydrogen-bond donors (Lipinski definition) is 1. The van der Waals surface area contributed by atoms with E-state index < -0.39 is 0 Å². The zero-order chi connectivity index (χ0) is 25.9. The molecule has 1 fully saturated rings. The van der Waals surface area contributed by atoms with Crippen LogP contribution in [0, 0.1) is 0 Å². The molecule has 3 heterocycles. The van der Waals surface area contributed by atoms with Crippen molar-refractivity contribution in [3.8, 4) is 23.0 Å². The van der Waals surface area contributed by atoms with Crippen molar-refractivity contribution in [2.45, 2.75) is 26.9 Å². The molecule has 5 rings (SSSR count). The van der Waals surface area contributed by atoms with E-state index in [0.717, 1.165) is 32.7 Å². The fraction of sp³-hybridized carbons (Fsp3) is 0.423. The summed E-state index contributed by atoms with van der Waals surface area (Å²) in [4.78, 5) is 24.7. The number of anilines is 2. The predicted octanol–water partition coefficient (Wildman–Crippen LogP) is 4.09. The van der Waals surface area contributed by atoms with Crippen LogP contribution in [0.1, 0.15) is 20.8 Å². The lowest BCUT2D eigenvalue weighted by Crippen LogP contribution is -2.48. The van der Waals surface area contributed by atoms with Gasteiger partial charge in [0.2, 0.25) is 12.7 Å². The van der Waals surface area contributed by atoms with Crippen molar-refractivity contribution in [3.63, 3.8) is 0 Å². The number of nitrogens with zero attached hydrogens (tertiary/aromatic N) is 4. The number of fused-ring (bicyclic) bond motifs is 2. The SMILES string of the molecule is CC(=O)N1CCN(CCOc2cc(OC(C)C)c3c(Nc4c(Cl)ccc5c4OCO5)ncnc3c2)CC1. The number of rotatable bonds is 8. The van der Waals surface area contributed by atoms with E-state index in [4.69, 9.17) is 30.5 Å². The lowest BCUT2D eigenvalue weighted by Gasteiger charge is -2.34. The minimum atomic E-state index is -0.0784. The number of piperazine rings is 1. The number of hydrogen-bond acceptors (Lipinski definition) is 9. The van der Waals surface area contributed by atoms with Gasteiger partial charge in [-0.15, -0.1) is 0 Å². The monoisotopic (exact) mass is 527 g/mol. The van der Waals surface area contributed by atoms with Crippen LogP contribution in [-0.4, -0.2) is 77.9 Å². The lowest BCUT2D eigenvalue weighted by molar-refractivity contribution is -0.130. The third-order valence-corrected chi connectivity index (χ3v) is 6.58. The van der Waals surface area contributed by atoms with Crippen LogP contribution in [0.2, 0.25) is 5.02 Å². The van der Waals surface area contributed by atoms with E-state index in [1.807, 2.05) is 30.9 Å². The van der Waals surface area contributed by atoms with Gasteiger partial charge >= 0.3 is 0 Å². The first-order valence-corrected chi connectivity index (χ1v) is 12.7. The number of halogens is 1. The molecule has 11 heteroatoms. The molecule has 0 aliphatic carbocycles. The Morgan fingerprint density at radius 2 is 1.97 bits per heavy atom. The highest BCUT2D eigenvalue weighted by Crippen LogP contribution is 2.46. The van der Waals surface area contributed by atoms with E-state index in [2.05, 4.69) is 20.2 Å². The van der Waals surface area contributed by atoms with E-state index in [9.17, 15) is 4.79 Å². The van der Waals surface area contributed by atoms with E-state index in [1.165, 1.54) is 6.33 Å². The Hall–Kier alpha value is -3.50. The summed E-state index contributed by atoms with van der Waals surface area (Å²) in [7, 11) is 0. The molecule has 1 saturated heterocycles. The first kappa shape index (κ1) is 25.2. The second-order valence-corrected chi connectivity index (χ2v) is 9.59. The van der Waals surface area contributed by atoms with Gasteiger partial charge in [-0.25, -0.2) is 9.97 Å². The maximum absolute atomic E-state index is 11.6. The van der Waals surface area contributed by atoms with Crippen molar-refractivity contribution in [2.24, 2.45) is 0 Å². The number of carbonyl (C=O) groups is 1. The maximum Gasteiger partial charge on any atom is 0.231 e. The Morgan fingerprint density at radius 3 is 2.73 bits per heavy atom. The highest BCUT2D eigenvalue weighted by Gasteiger charge is 2.23. The molecular weight excluding hydrogens is 498 g/mol. The summed E-state index contributed by atoms with van der Waals surface area (Å²) in [5, 5.41) is 4.49. The van der Waals surface area contributed by atoms with Crippen LogP contribution >= 0.6 is 11.6 Å². The second kappa shape index (κ2) is 10.9. The second-order valence-electron chi connectivity index (χ2n) is 9.18. The zero-order valence-electron chi connectivity index (χ0n) is 21.1. The van der Waals surface area contributed by atoms with Gasteiger partial charge in [0.15, 0.2) is 11.5 Å². The number of amides is 1. The Kier molecular flexibility index (Phi) is 7.38. The Morgan fingerprint density at radius 1 is 1.16 bits per heavy atom. The maximum atomic E-state index is 11.6. The van der Waals surface area contributed by atoms with Crippen molar-refractivity contribution in [1.29, 1.82) is 0 Å². The van der Waals surface area contributed by atoms with Gasteiger partial charge in [-0.3, -0.25) is 9.69 Å². The molecule has 10 nitrogen and oxygen atoms in total. The molecule has 0 spiro atoms. The minimum absolute atomic E-state index is 0.0784. The molecule has 37 heavy (non-hydrogen) atoms. The summed E-state index contributed by atoms with van der Waals surface area (Å²) >= 11 is 6.49. The van der Waals surface area contributed by atoms with Crippen LogP contribution in [0.15, 0.2) is 30.6 Å². The molecule has 3 aromatic rings. The molecule has 0 saturated carbocycles. The van der Waals surface area contributed by atoms with Crippen LogP contribution in [0.4, 0.5) is 11.5 Å². The van der Waals surface area contributed by atoms with Crippen LogP contribution in [-0.2, 0) is 4.79 Å². The summed E-state index contributed by atoms with van der Waals surface area (Å²) in [6.45, 7) is 10.1. The van der Waals surface area contributed by atoms with E-state index in [1.54, 1.807) is 19.1 Å². The number of ether oxygens (including phenoxy) is 4. The molecule has 1 amide bonds. The number of benzene rings is 2. The van der Waals surface area contributed by atoms with E-state index in [-0.39, 0.29) is 18.8 Å². The summed E-state index contributed by atoms with van der Waals surface area (Å²) in [6.07, 6.45) is 1.40. The first-order valence-electron chi connectivity index (χ1n) is 12.3. The summed E-state index contributed by atoms with van der Waals surface area (Å²) in [5.41, 5.74) is 1.24. The molecule has 0 radical (unpaired) electrons. The lowest BCUT2D eigenvalue weighted by atomic mass is 10.2. The van der Waals surface area contributed by atoms with Gasteiger partial charge in [-0.2, -0.15) is 0 Å². The molecule has 2 aliphatic heterocycles.